The zero-order valence-electron chi connectivity index (χ0n) is 3.96. The van der Waals surface area contributed by atoms with Gasteiger partial charge in [-0.25, -0.2) is 0 Å². The van der Waals surface area contributed by atoms with Crippen LogP contribution in [0, 0.1) is 0 Å². The molecule has 1 heterocycles. The Hall–Kier alpha value is 0.210. The van der Waals surface area contributed by atoms with E-state index in [1.165, 1.54) is 0 Å². The summed E-state index contributed by atoms with van der Waals surface area (Å²) in [7, 11) is 0. The van der Waals surface area contributed by atoms with Crippen LogP contribution in [0.4, 0.5) is 0 Å². The lowest BCUT2D eigenvalue weighted by molar-refractivity contribution is -0.0589. The topological polar surface area (TPSA) is 29.5 Å². The summed E-state index contributed by atoms with van der Waals surface area (Å²) < 4.78 is 4.71. The summed E-state index contributed by atoms with van der Waals surface area (Å²) in [6.45, 7) is 0.737. The van der Waals surface area contributed by atoms with E-state index in [1.807, 2.05) is 0 Å². The van der Waals surface area contributed by atoms with Crippen LogP contribution in [-0.4, -0.2) is 18.0 Å². The van der Waals surface area contributed by atoms with Crippen molar-refractivity contribution in [3.05, 3.63) is 0 Å². The number of rotatable bonds is 0. The van der Waals surface area contributed by atoms with Crippen LogP contribution in [-0.2, 0) is 4.74 Å². The minimum atomic E-state index is -0.454. The minimum Gasteiger partial charge on any atom is -0.368 e. The second kappa shape index (κ2) is 3.24. The third-order valence-electron chi connectivity index (χ3n) is 0.906. The lowest BCUT2D eigenvalue weighted by Gasteiger charge is -1.93. The Morgan fingerprint density at radius 2 is 2.29 bits per heavy atom. The summed E-state index contributed by atoms with van der Waals surface area (Å²) in [5.74, 6) is 0. The van der Waals surface area contributed by atoms with Gasteiger partial charge in [0.1, 0.15) is 0 Å². The largest absolute Gasteiger partial charge is 0.368 e. The number of halogens is 1. The third kappa shape index (κ3) is 2.12. The maximum atomic E-state index is 8.51. The van der Waals surface area contributed by atoms with Crippen LogP contribution in [0.5, 0.6) is 0 Å². The molecule has 1 saturated heterocycles. The molecule has 1 aliphatic rings. The fraction of sp³-hybridized carbons (Fsp3) is 1.00. The molecular weight excluding hydrogens is 115 g/mol. The highest BCUT2D eigenvalue weighted by Gasteiger charge is 2.09. The van der Waals surface area contributed by atoms with Gasteiger partial charge in [-0.05, 0) is 6.42 Å². The van der Waals surface area contributed by atoms with E-state index >= 15 is 0 Å². The zero-order valence-corrected chi connectivity index (χ0v) is 4.78. The van der Waals surface area contributed by atoms with Crippen molar-refractivity contribution in [1.82, 2.24) is 0 Å². The van der Waals surface area contributed by atoms with E-state index in [4.69, 9.17) is 9.84 Å². The second-order valence-corrected chi connectivity index (χ2v) is 1.47. The molecule has 0 aromatic carbocycles. The third-order valence-corrected chi connectivity index (χ3v) is 0.906. The lowest BCUT2D eigenvalue weighted by Crippen LogP contribution is -1.99. The molecule has 1 aliphatic heterocycles. The summed E-state index contributed by atoms with van der Waals surface area (Å²) >= 11 is 0. The first-order valence-electron chi connectivity index (χ1n) is 2.19. The molecule has 0 radical (unpaired) electrons. The molecule has 0 unspecified atom stereocenters. The van der Waals surface area contributed by atoms with Crippen molar-refractivity contribution in [2.75, 3.05) is 6.61 Å². The standard InChI is InChI=1S/C4H8O2.ClH/c5-4-2-1-3-6-4;/h4-5H,1-3H2;1H/t4-;/m1./s1. The molecule has 0 aliphatic carbocycles. The van der Waals surface area contributed by atoms with Gasteiger partial charge in [0.05, 0.1) is 0 Å². The fourth-order valence-electron chi connectivity index (χ4n) is 0.561. The van der Waals surface area contributed by atoms with Crippen molar-refractivity contribution in [1.29, 1.82) is 0 Å². The van der Waals surface area contributed by atoms with E-state index in [0.29, 0.717) is 0 Å². The Morgan fingerprint density at radius 3 is 2.43 bits per heavy atom. The quantitative estimate of drug-likeness (QED) is 0.511. The molecule has 0 aromatic rings. The fourth-order valence-corrected chi connectivity index (χ4v) is 0.561. The average Bonchev–Trinajstić information content (AvgIpc) is 1.86. The highest BCUT2D eigenvalue weighted by atomic mass is 35.5. The van der Waals surface area contributed by atoms with Gasteiger partial charge >= 0.3 is 0 Å². The van der Waals surface area contributed by atoms with Gasteiger partial charge in [-0.15, -0.1) is 12.4 Å². The first kappa shape index (κ1) is 7.21. The van der Waals surface area contributed by atoms with Crippen molar-refractivity contribution in [2.45, 2.75) is 19.1 Å². The van der Waals surface area contributed by atoms with E-state index in [9.17, 15) is 0 Å². The summed E-state index contributed by atoms with van der Waals surface area (Å²) in [4.78, 5) is 0. The number of aliphatic hydroxyl groups is 1. The molecule has 1 rings (SSSR count). The van der Waals surface area contributed by atoms with Crippen LogP contribution in [0.15, 0.2) is 0 Å². The van der Waals surface area contributed by atoms with E-state index in [0.717, 1.165) is 19.4 Å². The Labute approximate surface area is 48.9 Å². The van der Waals surface area contributed by atoms with Crippen molar-refractivity contribution < 1.29 is 9.84 Å². The molecule has 7 heavy (non-hydrogen) atoms. The second-order valence-electron chi connectivity index (χ2n) is 1.47. The summed E-state index contributed by atoms with van der Waals surface area (Å²) in [6.07, 6.45) is 1.38. The number of ether oxygens (including phenoxy) is 1. The maximum absolute atomic E-state index is 8.51. The van der Waals surface area contributed by atoms with Gasteiger partial charge in [0.15, 0.2) is 6.29 Å². The van der Waals surface area contributed by atoms with Crippen molar-refractivity contribution >= 4 is 12.4 Å². The monoisotopic (exact) mass is 124 g/mol. The number of hydrogen-bond donors (Lipinski definition) is 1. The van der Waals surface area contributed by atoms with Crippen LogP contribution < -0.4 is 0 Å². The molecule has 1 N–H and O–H groups in total. The van der Waals surface area contributed by atoms with Gasteiger partial charge in [0.2, 0.25) is 0 Å². The minimum absolute atomic E-state index is 0. The van der Waals surface area contributed by atoms with Crippen LogP contribution in [0.1, 0.15) is 12.8 Å². The molecule has 0 amide bonds. The van der Waals surface area contributed by atoms with E-state index in [1.54, 1.807) is 0 Å². The van der Waals surface area contributed by atoms with Crippen LogP contribution in [0.3, 0.4) is 0 Å². The van der Waals surface area contributed by atoms with Gasteiger partial charge in [0, 0.05) is 13.0 Å². The van der Waals surface area contributed by atoms with E-state index < -0.39 is 6.29 Å². The van der Waals surface area contributed by atoms with Crippen molar-refractivity contribution in [3.8, 4) is 0 Å². The SMILES string of the molecule is Cl.O[C@H]1CCCO1. The molecule has 0 bridgehead atoms. The Kier molecular flexibility index (Phi) is 3.34. The highest BCUT2D eigenvalue weighted by molar-refractivity contribution is 5.85. The number of hydrogen-bond acceptors (Lipinski definition) is 2. The first-order valence-corrected chi connectivity index (χ1v) is 2.19. The van der Waals surface area contributed by atoms with Crippen molar-refractivity contribution in [2.24, 2.45) is 0 Å². The number of aliphatic hydroxyl groups excluding tert-OH is 1. The molecule has 0 spiro atoms. The predicted octanol–water partition coefficient (Wildman–Crippen LogP) is 0.537. The first-order chi connectivity index (χ1) is 2.89. The molecule has 0 aromatic heterocycles. The van der Waals surface area contributed by atoms with E-state index in [-0.39, 0.29) is 12.4 Å². The summed E-state index contributed by atoms with van der Waals surface area (Å²) in [6, 6.07) is 0. The van der Waals surface area contributed by atoms with Gasteiger partial charge in [-0.2, -0.15) is 0 Å². The normalized spacial score (nSPS) is 29.6. The van der Waals surface area contributed by atoms with Gasteiger partial charge < -0.3 is 9.84 Å². The average molecular weight is 125 g/mol. The van der Waals surface area contributed by atoms with Crippen LogP contribution in [0.2, 0.25) is 0 Å². The molecule has 1 fully saturated rings. The van der Waals surface area contributed by atoms with Gasteiger partial charge in [-0.1, -0.05) is 0 Å². The zero-order chi connectivity index (χ0) is 4.41. The Morgan fingerprint density at radius 1 is 1.57 bits per heavy atom. The Bertz CT molecular complexity index is 43.0. The lowest BCUT2D eigenvalue weighted by atomic mass is 10.4. The molecule has 0 saturated carbocycles. The smallest absolute Gasteiger partial charge is 0.154 e. The van der Waals surface area contributed by atoms with Gasteiger partial charge in [0.25, 0.3) is 0 Å². The van der Waals surface area contributed by atoms with Crippen molar-refractivity contribution in [3.63, 3.8) is 0 Å². The molecule has 2 nitrogen and oxygen atoms in total. The summed E-state index contributed by atoms with van der Waals surface area (Å²) in [5, 5.41) is 8.51. The molecule has 3 heteroatoms. The Balaban J connectivity index is 0.000000360. The molecular formula is C4H9ClO2. The van der Waals surface area contributed by atoms with Crippen LogP contribution in [0.25, 0.3) is 0 Å². The maximum Gasteiger partial charge on any atom is 0.154 e. The highest BCUT2D eigenvalue weighted by Crippen LogP contribution is 2.06. The van der Waals surface area contributed by atoms with E-state index in [2.05, 4.69) is 0 Å². The molecule has 1 atom stereocenters. The van der Waals surface area contributed by atoms with Crippen LogP contribution >= 0.6 is 12.4 Å². The summed E-state index contributed by atoms with van der Waals surface area (Å²) in [5.41, 5.74) is 0. The predicted molar refractivity (Wildman–Crippen MR) is 28.4 cm³/mol. The van der Waals surface area contributed by atoms with Gasteiger partial charge in [-0.3, -0.25) is 0 Å². The molecule has 44 valence electrons.